The molecular formula is C21H16FN5O2. The summed E-state index contributed by atoms with van der Waals surface area (Å²) in [4.78, 5) is 25.8. The average Bonchev–Trinajstić information content (AvgIpc) is 3.35. The number of aryl methyl sites for hydroxylation is 1. The molecule has 0 fully saturated rings. The molecule has 1 aromatic carbocycles. The minimum Gasteiger partial charge on any atom is -0.496 e. The summed E-state index contributed by atoms with van der Waals surface area (Å²) in [7, 11) is 3.23. The fraction of sp³-hybridized carbons (Fsp3) is 0.143. The third-order valence-electron chi connectivity index (χ3n) is 5.11. The number of methoxy groups -OCH3 is 1. The molecule has 0 aliphatic carbocycles. The van der Waals surface area contributed by atoms with Crippen LogP contribution in [0.25, 0.3) is 33.3 Å². The lowest BCUT2D eigenvalue weighted by Crippen LogP contribution is -2.22. The summed E-state index contributed by atoms with van der Waals surface area (Å²) in [5.41, 5.74) is 3.11. The van der Waals surface area contributed by atoms with Gasteiger partial charge in [0.2, 0.25) is 0 Å². The van der Waals surface area contributed by atoms with Crippen LogP contribution in [0.3, 0.4) is 0 Å². The number of benzene rings is 1. The molecule has 8 heteroatoms. The van der Waals surface area contributed by atoms with Crippen molar-refractivity contribution in [3.05, 3.63) is 64.6 Å². The Hall–Kier alpha value is -3.81. The topological polar surface area (TPSA) is 74.3 Å². The van der Waals surface area contributed by atoms with Gasteiger partial charge in [0.05, 0.1) is 36.4 Å². The molecule has 0 amide bonds. The highest BCUT2D eigenvalue weighted by molar-refractivity contribution is 6.15. The second-order valence-electron chi connectivity index (χ2n) is 6.70. The number of aliphatic imine (C=N–C) groups is 1. The fourth-order valence-electron chi connectivity index (χ4n) is 3.69. The van der Waals surface area contributed by atoms with Gasteiger partial charge in [-0.15, -0.1) is 0 Å². The van der Waals surface area contributed by atoms with Crippen LogP contribution in [-0.4, -0.2) is 39.0 Å². The summed E-state index contributed by atoms with van der Waals surface area (Å²) >= 11 is 0. The van der Waals surface area contributed by atoms with Gasteiger partial charge in [-0.3, -0.25) is 14.5 Å². The number of pyridine rings is 2. The Bertz CT molecular complexity index is 1410. The molecule has 0 N–H and O–H groups in total. The highest BCUT2D eigenvalue weighted by Gasteiger charge is 2.21. The zero-order chi connectivity index (χ0) is 20.1. The zero-order valence-corrected chi connectivity index (χ0v) is 15.8. The number of fused-ring (bicyclic) bond motifs is 3. The molecule has 0 radical (unpaired) electrons. The Balaban J connectivity index is 1.95. The molecule has 29 heavy (non-hydrogen) atoms. The first-order valence-corrected chi connectivity index (χ1v) is 8.99. The summed E-state index contributed by atoms with van der Waals surface area (Å²) in [6.45, 7) is 0.605. The van der Waals surface area contributed by atoms with Gasteiger partial charge in [0.25, 0.3) is 0 Å². The van der Waals surface area contributed by atoms with Gasteiger partial charge in [-0.1, -0.05) is 6.08 Å². The molecule has 4 heterocycles. The van der Waals surface area contributed by atoms with E-state index in [4.69, 9.17) is 4.74 Å². The van der Waals surface area contributed by atoms with E-state index < -0.39 is 11.5 Å². The van der Waals surface area contributed by atoms with Crippen LogP contribution in [0, 0.1) is 5.82 Å². The van der Waals surface area contributed by atoms with Crippen molar-refractivity contribution >= 4 is 33.7 Å². The highest BCUT2D eigenvalue weighted by atomic mass is 19.1. The third kappa shape index (κ3) is 2.49. The third-order valence-corrected chi connectivity index (χ3v) is 5.11. The number of aromatic nitrogens is 4. The van der Waals surface area contributed by atoms with Crippen LogP contribution in [0.2, 0.25) is 0 Å². The van der Waals surface area contributed by atoms with Crippen LogP contribution >= 0.6 is 0 Å². The molecule has 5 rings (SSSR count). The number of rotatable bonds is 3. The second-order valence-corrected chi connectivity index (χ2v) is 6.70. The Labute approximate surface area is 164 Å². The molecule has 0 saturated heterocycles. The molecule has 1 aliphatic heterocycles. The van der Waals surface area contributed by atoms with E-state index in [1.807, 2.05) is 18.2 Å². The van der Waals surface area contributed by atoms with Gasteiger partial charge in [0.1, 0.15) is 5.75 Å². The van der Waals surface area contributed by atoms with Crippen molar-refractivity contribution in [2.75, 3.05) is 13.7 Å². The number of hydrogen-bond acceptors (Lipinski definition) is 5. The average molecular weight is 389 g/mol. The van der Waals surface area contributed by atoms with Crippen LogP contribution in [0.4, 0.5) is 4.39 Å². The van der Waals surface area contributed by atoms with Gasteiger partial charge in [-0.2, -0.15) is 0 Å². The number of allylic oxidation sites excluding steroid dienone is 1. The smallest absolute Gasteiger partial charge is 0.334 e. The highest BCUT2D eigenvalue weighted by Crippen LogP contribution is 2.34. The van der Waals surface area contributed by atoms with Crippen LogP contribution in [0.1, 0.15) is 5.56 Å². The zero-order valence-electron chi connectivity index (χ0n) is 15.8. The summed E-state index contributed by atoms with van der Waals surface area (Å²) in [6.07, 6.45) is 6.84. The Morgan fingerprint density at radius 2 is 2.10 bits per heavy atom. The Kier molecular flexibility index (Phi) is 3.80. The summed E-state index contributed by atoms with van der Waals surface area (Å²) < 4.78 is 22.8. The molecule has 0 saturated carbocycles. The van der Waals surface area contributed by atoms with Gasteiger partial charge in [0, 0.05) is 42.0 Å². The second kappa shape index (κ2) is 6.37. The molecule has 0 atom stereocenters. The van der Waals surface area contributed by atoms with Crippen LogP contribution in [0.5, 0.6) is 5.75 Å². The predicted octanol–water partition coefficient (Wildman–Crippen LogP) is 2.89. The van der Waals surface area contributed by atoms with Gasteiger partial charge in [-0.25, -0.2) is 18.7 Å². The molecular weight excluding hydrogens is 373 g/mol. The maximum atomic E-state index is 14.5. The van der Waals surface area contributed by atoms with Crippen molar-refractivity contribution in [2.45, 2.75) is 0 Å². The standard InChI is InChI=1S/C21H16FN5O2/c1-26-17-11-25-16-9-18(29-2)13(12-5-7-23-10-12)8-14(16)19(17)27(21(26)28)20-15(22)4-3-6-24-20/h3-6,8-11H,7H2,1-2H3. The summed E-state index contributed by atoms with van der Waals surface area (Å²) in [5.74, 6) is 0.0267. The molecule has 0 spiro atoms. The van der Waals surface area contributed by atoms with Crippen LogP contribution in [0.15, 0.2) is 52.5 Å². The molecule has 0 bridgehead atoms. The summed E-state index contributed by atoms with van der Waals surface area (Å²) in [6, 6.07) is 6.49. The Morgan fingerprint density at radius 3 is 2.83 bits per heavy atom. The maximum absolute atomic E-state index is 14.5. The predicted molar refractivity (Wildman–Crippen MR) is 109 cm³/mol. The van der Waals surface area contributed by atoms with Crippen molar-refractivity contribution in [2.24, 2.45) is 12.0 Å². The van der Waals surface area contributed by atoms with E-state index in [-0.39, 0.29) is 5.82 Å². The number of halogens is 1. The van der Waals surface area contributed by atoms with E-state index in [1.165, 1.54) is 27.5 Å². The van der Waals surface area contributed by atoms with Crippen molar-refractivity contribution in [1.82, 2.24) is 19.1 Å². The van der Waals surface area contributed by atoms with E-state index in [0.29, 0.717) is 34.2 Å². The number of imidazole rings is 1. The van der Waals surface area contributed by atoms with E-state index >= 15 is 0 Å². The van der Waals surface area contributed by atoms with E-state index in [1.54, 1.807) is 26.6 Å². The van der Waals surface area contributed by atoms with Gasteiger partial charge in [0.15, 0.2) is 11.6 Å². The largest absolute Gasteiger partial charge is 0.496 e. The van der Waals surface area contributed by atoms with Gasteiger partial charge in [-0.05, 0) is 18.2 Å². The van der Waals surface area contributed by atoms with Gasteiger partial charge >= 0.3 is 5.69 Å². The quantitative estimate of drug-likeness (QED) is 0.540. The van der Waals surface area contributed by atoms with E-state index in [0.717, 1.165) is 11.1 Å². The molecule has 0 unspecified atom stereocenters. The van der Waals surface area contributed by atoms with Crippen LogP contribution < -0.4 is 10.4 Å². The van der Waals surface area contributed by atoms with E-state index in [2.05, 4.69) is 15.0 Å². The maximum Gasteiger partial charge on any atom is 0.334 e. The lowest BCUT2D eigenvalue weighted by molar-refractivity contribution is 0.414. The monoisotopic (exact) mass is 389 g/mol. The fourth-order valence-corrected chi connectivity index (χ4v) is 3.69. The lowest BCUT2D eigenvalue weighted by Gasteiger charge is -2.11. The number of nitrogens with zero attached hydrogens (tertiary/aromatic N) is 5. The number of hydrogen-bond donors (Lipinski definition) is 0. The minimum atomic E-state index is -0.577. The first kappa shape index (κ1) is 17.3. The minimum absolute atomic E-state index is 0.0467. The lowest BCUT2D eigenvalue weighted by atomic mass is 10.0. The number of ether oxygens (including phenoxy) is 1. The molecule has 3 aromatic heterocycles. The first-order chi connectivity index (χ1) is 14.1. The Morgan fingerprint density at radius 1 is 1.24 bits per heavy atom. The SMILES string of the molecule is COc1cc2ncc3c(c2cc1C1=CCN=C1)n(-c1ncccc1F)c(=O)n3C. The van der Waals surface area contributed by atoms with E-state index in [9.17, 15) is 9.18 Å². The van der Waals surface area contributed by atoms with Crippen LogP contribution in [-0.2, 0) is 7.05 Å². The summed E-state index contributed by atoms with van der Waals surface area (Å²) in [5, 5.41) is 0.697. The molecule has 7 nitrogen and oxygen atoms in total. The van der Waals surface area contributed by atoms with Crippen molar-refractivity contribution in [3.63, 3.8) is 0 Å². The van der Waals surface area contributed by atoms with Gasteiger partial charge < -0.3 is 4.74 Å². The van der Waals surface area contributed by atoms with Crippen molar-refractivity contribution in [3.8, 4) is 11.6 Å². The molecule has 4 aromatic rings. The molecule has 144 valence electrons. The molecule has 1 aliphatic rings. The van der Waals surface area contributed by atoms with Crippen molar-refractivity contribution < 1.29 is 9.13 Å². The first-order valence-electron chi connectivity index (χ1n) is 8.99. The van der Waals surface area contributed by atoms with Crippen molar-refractivity contribution in [1.29, 1.82) is 0 Å². The normalized spacial score (nSPS) is 13.4.